The number of nitrogens with one attached hydrogen (secondary N) is 1. The van der Waals surface area contributed by atoms with E-state index in [1.165, 1.54) is 18.5 Å². The lowest BCUT2D eigenvalue weighted by molar-refractivity contribution is 0.242. The third-order valence-corrected chi connectivity index (χ3v) is 2.82. The highest BCUT2D eigenvalue weighted by Gasteiger charge is 2.04. The Balaban J connectivity index is 2.42. The van der Waals surface area contributed by atoms with E-state index in [-0.39, 0.29) is 6.10 Å². The number of rotatable bonds is 7. The number of anilines is 1. The molecular formula is C16H27NO. The zero-order valence-corrected chi connectivity index (χ0v) is 12.4. The molecule has 1 aromatic carbocycles. The van der Waals surface area contributed by atoms with E-state index in [1.54, 1.807) is 0 Å². The van der Waals surface area contributed by atoms with Crippen LogP contribution in [0.4, 0.5) is 5.69 Å². The third kappa shape index (κ3) is 5.95. The van der Waals surface area contributed by atoms with Gasteiger partial charge in [0.2, 0.25) is 0 Å². The maximum Gasteiger partial charge on any atom is 0.119 e. The van der Waals surface area contributed by atoms with Crippen molar-refractivity contribution in [1.82, 2.24) is 0 Å². The fraction of sp³-hybridized carbons (Fsp3) is 0.625. The lowest BCUT2D eigenvalue weighted by Crippen LogP contribution is -2.15. The van der Waals surface area contributed by atoms with E-state index in [0.717, 1.165) is 11.7 Å². The predicted octanol–water partition coefficient (Wildman–Crippen LogP) is 4.71. The molecule has 2 nitrogen and oxygen atoms in total. The standard InChI is InChI=1S/C16H27NO/c1-12(2)6-7-14(5)17-15-8-10-16(11-9-15)18-13(3)4/h8-14,17H,6-7H2,1-5H3. The van der Waals surface area contributed by atoms with E-state index in [2.05, 4.69) is 38.2 Å². The first kappa shape index (κ1) is 14.9. The molecule has 0 fully saturated rings. The molecular weight excluding hydrogens is 222 g/mol. The fourth-order valence-electron chi connectivity index (χ4n) is 1.84. The summed E-state index contributed by atoms with van der Waals surface area (Å²) < 4.78 is 5.63. The average molecular weight is 249 g/mol. The molecule has 0 saturated carbocycles. The van der Waals surface area contributed by atoms with Crippen molar-refractivity contribution < 1.29 is 4.74 Å². The van der Waals surface area contributed by atoms with Gasteiger partial charge in [-0.25, -0.2) is 0 Å². The smallest absolute Gasteiger partial charge is 0.119 e. The van der Waals surface area contributed by atoms with Gasteiger partial charge in [-0.3, -0.25) is 0 Å². The molecule has 0 radical (unpaired) electrons. The Bertz CT molecular complexity index is 329. The van der Waals surface area contributed by atoms with Crippen molar-refractivity contribution in [2.24, 2.45) is 5.92 Å². The predicted molar refractivity (Wildman–Crippen MR) is 79.4 cm³/mol. The number of hydrogen-bond donors (Lipinski definition) is 1. The Hall–Kier alpha value is -1.18. The molecule has 0 heterocycles. The average Bonchev–Trinajstić information content (AvgIpc) is 2.28. The Morgan fingerprint density at radius 2 is 1.56 bits per heavy atom. The maximum absolute atomic E-state index is 5.63. The second-order valence-corrected chi connectivity index (χ2v) is 5.71. The summed E-state index contributed by atoms with van der Waals surface area (Å²) in [6.45, 7) is 10.9. The van der Waals surface area contributed by atoms with E-state index >= 15 is 0 Å². The summed E-state index contributed by atoms with van der Waals surface area (Å²) in [5.74, 6) is 1.71. The van der Waals surface area contributed by atoms with Crippen LogP contribution in [0, 0.1) is 5.92 Å². The van der Waals surface area contributed by atoms with Crippen LogP contribution in [0.1, 0.15) is 47.5 Å². The van der Waals surface area contributed by atoms with Gasteiger partial charge < -0.3 is 10.1 Å². The van der Waals surface area contributed by atoms with Crippen LogP contribution < -0.4 is 10.1 Å². The minimum absolute atomic E-state index is 0.230. The fourth-order valence-corrected chi connectivity index (χ4v) is 1.84. The van der Waals surface area contributed by atoms with Crippen molar-refractivity contribution >= 4 is 5.69 Å². The third-order valence-electron chi connectivity index (χ3n) is 2.82. The molecule has 0 aliphatic carbocycles. The molecule has 2 heteroatoms. The Labute approximate surface area is 112 Å². The van der Waals surface area contributed by atoms with Crippen molar-refractivity contribution in [3.8, 4) is 5.75 Å². The van der Waals surface area contributed by atoms with Crippen LogP contribution in [0.5, 0.6) is 5.75 Å². The van der Waals surface area contributed by atoms with Crippen molar-refractivity contribution in [3.63, 3.8) is 0 Å². The zero-order chi connectivity index (χ0) is 13.5. The molecule has 102 valence electrons. The van der Waals surface area contributed by atoms with Crippen LogP contribution in [0.2, 0.25) is 0 Å². The summed E-state index contributed by atoms with van der Waals surface area (Å²) in [6, 6.07) is 8.74. The molecule has 18 heavy (non-hydrogen) atoms. The summed E-state index contributed by atoms with van der Waals surface area (Å²) in [7, 11) is 0. The number of ether oxygens (including phenoxy) is 1. The van der Waals surface area contributed by atoms with Crippen molar-refractivity contribution in [1.29, 1.82) is 0 Å². The molecule has 1 unspecified atom stereocenters. The van der Waals surface area contributed by atoms with Gasteiger partial charge in [0.25, 0.3) is 0 Å². The maximum atomic E-state index is 5.63. The van der Waals surface area contributed by atoms with Crippen LogP contribution in [0.3, 0.4) is 0 Å². The first-order valence-electron chi connectivity index (χ1n) is 7.00. The van der Waals surface area contributed by atoms with Crippen LogP contribution >= 0.6 is 0 Å². The van der Waals surface area contributed by atoms with Gasteiger partial charge in [-0.1, -0.05) is 13.8 Å². The van der Waals surface area contributed by atoms with Crippen LogP contribution in [-0.4, -0.2) is 12.1 Å². The molecule has 1 atom stereocenters. The SMILES string of the molecule is CC(C)CCC(C)Nc1ccc(OC(C)C)cc1. The highest BCUT2D eigenvalue weighted by molar-refractivity contribution is 5.46. The lowest BCUT2D eigenvalue weighted by atomic mass is 10.0. The van der Waals surface area contributed by atoms with Gasteiger partial charge in [-0.05, 0) is 63.8 Å². The van der Waals surface area contributed by atoms with E-state index < -0.39 is 0 Å². The van der Waals surface area contributed by atoms with Gasteiger partial charge in [-0.15, -0.1) is 0 Å². The molecule has 0 amide bonds. The van der Waals surface area contributed by atoms with Crippen LogP contribution in [-0.2, 0) is 0 Å². The van der Waals surface area contributed by atoms with E-state index in [4.69, 9.17) is 4.74 Å². The van der Waals surface area contributed by atoms with Crippen LogP contribution in [0.25, 0.3) is 0 Å². The first-order chi connectivity index (χ1) is 8.47. The van der Waals surface area contributed by atoms with Crippen LogP contribution in [0.15, 0.2) is 24.3 Å². The molecule has 1 N–H and O–H groups in total. The van der Waals surface area contributed by atoms with E-state index in [9.17, 15) is 0 Å². The minimum atomic E-state index is 0.230. The van der Waals surface area contributed by atoms with Gasteiger partial charge in [-0.2, -0.15) is 0 Å². The van der Waals surface area contributed by atoms with E-state index in [0.29, 0.717) is 6.04 Å². The summed E-state index contributed by atoms with van der Waals surface area (Å²) in [5.41, 5.74) is 1.17. The Morgan fingerprint density at radius 1 is 0.944 bits per heavy atom. The lowest BCUT2D eigenvalue weighted by Gasteiger charge is -2.17. The molecule has 0 aromatic heterocycles. The Morgan fingerprint density at radius 3 is 2.06 bits per heavy atom. The second-order valence-electron chi connectivity index (χ2n) is 5.71. The molecule has 0 aliphatic rings. The van der Waals surface area contributed by atoms with E-state index in [1.807, 2.05) is 26.0 Å². The van der Waals surface area contributed by atoms with Gasteiger partial charge >= 0.3 is 0 Å². The summed E-state index contributed by atoms with van der Waals surface area (Å²) in [4.78, 5) is 0. The monoisotopic (exact) mass is 249 g/mol. The molecule has 1 aromatic rings. The highest BCUT2D eigenvalue weighted by Crippen LogP contribution is 2.18. The highest BCUT2D eigenvalue weighted by atomic mass is 16.5. The van der Waals surface area contributed by atoms with Gasteiger partial charge in [0.1, 0.15) is 5.75 Å². The Kier molecular flexibility index (Phi) is 6.03. The normalized spacial score (nSPS) is 12.8. The van der Waals surface area contributed by atoms with Crippen molar-refractivity contribution in [3.05, 3.63) is 24.3 Å². The van der Waals surface area contributed by atoms with Gasteiger partial charge in [0.05, 0.1) is 6.10 Å². The summed E-state index contributed by atoms with van der Waals surface area (Å²) >= 11 is 0. The van der Waals surface area contributed by atoms with Crippen molar-refractivity contribution in [2.75, 3.05) is 5.32 Å². The molecule has 0 spiro atoms. The quantitative estimate of drug-likeness (QED) is 0.755. The second kappa shape index (κ2) is 7.30. The summed E-state index contributed by atoms with van der Waals surface area (Å²) in [6.07, 6.45) is 2.71. The van der Waals surface area contributed by atoms with Gasteiger partial charge in [0, 0.05) is 11.7 Å². The molecule has 1 rings (SSSR count). The molecule has 0 saturated heterocycles. The topological polar surface area (TPSA) is 21.3 Å². The largest absolute Gasteiger partial charge is 0.491 e. The number of hydrogen-bond acceptors (Lipinski definition) is 2. The zero-order valence-electron chi connectivity index (χ0n) is 12.4. The molecule has 0 bridgehead atoms. The van der Waals surface area contributed by atoms with Gasteiger partial charge in [0.15, 0.2) is 0 Å². The molecule has 0 aliphatic heterocycles. The summed E-state index contributed by atoms with van der Waals surface area (Å²) in [5, 5.41) is 3.52. The first-order valence-corrected chi connectivity index (χ1v) is 7.00. The minimum Gasteiger partial charge on any atom is -0.491 e. The number of benzene rings is 1. The van der Waals surface area contributed by atoms with Crippen molar-refractivity contribution in [2.45, 2.75) is 59.6 Å².